The Kier molecular flexibility index (Phi) is 7.40. The van der Waals surface area contributed by atoms with Gasteiger partial charge in [0.25, 0.3) is 0 Å². The number of carbonyl (C=O) groups excluding carboxylic acids is 1. The highest BCUT2D eigenvalue weighted by atomic mass is 16.3. The first-order chi connectivity index (χ1) is 11.3. The number of nitrogens with zero attached hydrogens (tertiary/aromatic N) is 1. The van der Waals surface area contributed by atoms with Gasteiger partial charge in [0.15, 0.2) is 0 Å². The summed E-state index contributed by atoms with van der Waals surface area (Å²) in [5.74, 6) is 0. The van der Waals surface area contributed by atoms with E-state index in [0.717, 1.165) is 37.8 Å². The molecule has 0 aromatic heterocycles. The van der Waals surface area contributed by atoms with Crippen LogP contribution in [0.15, 0.2) is 30.3 Å². The Morgan fingerprint density at radius 2 is 2.09 bits per heavy atom. The summed E-state index contributed by atoms with van der Waals surface area (Å²) in [7, 11) is 0. The van der Waals surface area contributed by atoms with Crippen molar-refractivity contribution < 1.29 is 9.90 Å². The first-order valence-electron chi connectivity index (χ1n) is 8.99. The second kappa shape index (κ2) is 9.56. The summed E-state index contributed by atoms with van der Waals surface area (Å²) in [6.07, 6.45) is 7.10. The lowest BCUT2D eigenvalue weighted by atomic mass is 10.0. The molecule has 4 heteroatoms. The van der Waals surface area contributed by atoms with E-state index in [4.69, 9.17) is 5.11 Å². The van der Waals surface area contributed by atoms with Crippen LogP contribution in [0.4, 0.5) is 4.79 Å². The van der Waals surface area contributed by atoms with Gasteiger partial charge >= 0.3 is 6.03 Å². The fourth-order valence-corrected chi connectivity index (χ4v) is 3.40. The first-order valence-corrected chi connectivity index (χ1v) is 8.99. The molecule has 4 nitrogen and oxygen atoms in total. The zero-order chi connectivity index (χ0) is 16.5. The predicted molar refractivity (Wildman–Crippen MR) is 93.3 cm³/mol. The predicted octanol–water partition coefficient (Wildman–Crippen LogP) is 3.86. The van der Waals surface area contributed by atoms with Crippen molar-refractivity contribution in [3.63, 3.8) is 0 Å². The number of benzene rings is 1. The molecule has 1 saturated heterocycles. The van der Waals surface area contributed by atoms with Crippen LogP contribution in [0, 0.1) is 0 Å². The Morgan fingerprint density at radius 3 is 2.78 bits per heavy atom. The largest absolute Gasteiger partial charge is 0.396 e. The summed E-state index contributed by atoms with van der Waals surface area (Å²) >= 11 is 0. The first kappa shape index (κ1) is 17.8. The molecular formula is C19H30N2O2. The highest BCUT2D eigenvalue weighted by molar-refractivity contribution is 5.75. The molecular weight excluding hydrogens is 288 g/mol. The lowest BCUT2D eigenvalue weighted by Gasteiger charge is -2.31. The number of hydrogen-bond acceptors (Lipinski definition) is 2. The molecule has 0 spiro atoms. The number of hydrogen-bond donors (Lipinski definition) is 2. The molecule has 1 aromatic rings. The molecule has 23 heavy (non-hydrogen) atoms. The van der Waals surface area contributed by atoms with E-state index in [1.807, 2.05) is 35.2 Å². The van der Waals surface area contributed by atoms with Crippen molar-refractivity contribution in [3.05, 3.63) is 35.9 Å². The van der Waals surface area contributed by atoms with Crippen molar-refractivity contribution in [2.75, 3.05) is 13.2 Å². The second-order valence-electron chi connectivity index (χ2n) is 6.38. The monoisotopic (exact) mass is 318 g/mol. The molecule has 128 valence electrons. The van der Waals surface area contributed by atoms with Gasteiger partial charge in [-0.2, -0.15) is 0 Å². The maximum Gasteiger partial charge on any atom is 0.318 e. The molecule has 2 unspecified atom stereocenters. The Hall–Kier alpha value is -1.55. The molecule has 0 saturated carbocycles. The zero-order valence-electron chi connectivity index (χ0n) is 14.2. The van der Waals surface area contributed by atoms with Gasteiger partial charge in [0.2, 0.25) is 0 Å². The summed E-state index contributed by atoms with van der Waals surface area (Å²) in [6, 6.07) is 10.4. The summed E-state index contributed by atoms with van der Waals surface area (Å²) in [6.45, 7) is 3.17. The molecule has 2 rings (SSSR count). The molecule has 1 aromatic carbocycles. The summed E-state index contributed by atoms with van der Waals surface area (Å²) in [5, 5.41) is 12.3. The van der Waals surface area contributed by atoms with Crippen molar-refractivity contribution in [3.8, 4) is 0 Å². The van der Waals surface area contributed by atoms with Crippen LogP contribution in [0.5, 0.6) is 0 Å². The molecule has 1 heterocycles. The lowest BCUT2D eigenvalue weighted by Crippen LogP contribution is -2.46. The van der Waals surface area contributed by atoms with Crippen LogP contribution in [0.25, 0.3) is 0 Å². The highest BCUT2D eigenvalue weighted by Gasteiger charge is 2.26. The molecule has 2 N–H and O–H groups in total. The van der Waals surface area contributed by atoms with E-state index in [1.165, 1.54) is 12.8 Å². The third-order valence-electron chi connectivity index (χ3n) is 4.76. The topological polar surface area (TPSA) is 52.6 Å². The minimum Gasteiger partial charge on any atom is -0.396 e. The van der Waals surface area contributed by atoms with Crippen molar-refractivity contribution in [2.24, 2.45) is 0 Å². The maximum absolute atomic E-state index is 12.8. The number of likely N-dealkylation sites (tertiary alicyclic amines) is 1. The van der Waals surface area contributed by atoms with Crippen molar-refractivity contribution in [2.45, 2.75) is 64.0 Å². The van der Waals surface area contributed by atoms with Crippen LogP contribution in [-0.4, -0.2) is 35.2 Å². The van der Waals surface area contributed by atoms with Crippen molar-refractivity contribution in [1.29, 1.82) is 0 Å². The average molecular weight is 318 g/mol. The normalized spacial score (nSPS) is 19.9. The van der Waals surface area contributed by atoms with E-state index in [-0.39, 0.29) is 18.7 Å². The zero-order valence-corrected chi connectivity index (χ0v) is 14.2. The molecule has 2 atom stereocenters. The maximum atomic E-state index is 12.8. The van der Waals surface area contributed by atoms with E-state index < -0.39 is 0 Å². The summed E-state index contributed by atoms with van der Waals surface area (Å²) < 4.78 is 0. The van der Waals surface area contributed by atoms with E-state index in [2.05, 4.69) is 12.2 Å². The average Bonchev–Trinajstić information content (AvgIpc) is 2.84. The van der Waals surface area contributed by atoms with E-state index in [0.29, 0.717) is 12.5 Å². The summed E-state index contributed by atoms with van der Waals surface area (Å²) in [5.41, 5.74) is 1.11. The Bertz CT molecular complexity index is 464. The van der Waals surface area contributed by atoms with Gasteiger partial charge in [0.1, 0.15) is 0 Å². The van der Waals surface area contributed by atoms with Crippen LogP contribution in [0.1, 0.15) is 63.5 Å². The minimum atomic E-state index is -0.0309. The van der Waals surface area contributed by atoms with Gasteiger partial charge in [-0.15, -0.1) is 0 Å². The number of aliphatic hydroxyl groups is 1. The third kappa shape index (κ3) is 5.24. The van der Waals surface area contributed by atoms with Gasteiger partial charge in [-0.05, 0) is 37.7 Å². The number of urea groups is 1. The Labute approximate surface area is 139 Å². The smallest absolute Gasteiger partial charge is 0.318 e. The SMILES string of the molecule is CCC1CCCCCN1C(=O)NC(CCCO)c1ccccc1. The molecule has 1 fully saturated rings. The van der Waals surface area contributed by atoms with Crippen LogP contribution in [-0.2, 0) is 0 Å². The number of nitrogens with one attached hydrogen (secondary N) is 1. The number of aliphatic hydroxyl groups excluding tert-OH is 1. The van der Waals surface area contributed by atoms with Gasteiger partial charge in [-0.1, -0.05) is 50.1 Å². The Balaban J connectivity index is 2.06. The quantitative estimate of drug-likeness (QED) is 0.836. The molecule has 2 amide bonds. The standard InChI is InChI=1S/C19H30N2O2/c1-2-17-12-7-4-8-14-21(17)19(23)20-18(13-9-15-22)16-10-5-3-6-11-16/h3,5-6,10-11,17-18,22H,2,4,7-9,12-15H2,1H3,(H,20,23). The van der Waals surface area contributed by atoms with E-state index in [1.54, 1.807) is 0 Å². The van der Waals surface area contributed by atoms with E-state index >= 15 is 0 Å². The number of amides is 2. The summed E-state index contributed by atoms with van der Waals surface area (Å²) in [4.78, 5) is 14.8. The van der Waals surface area contributed by atoms with Crippen LogP contribution < -0.4 is 5.32 Å². The molecule has 0 aliphatic carbocycles. The molecule has 1 aliphatic rings. The minimum absolute atomic E-state index is 0.0309. The third-order valence-corrected chi connectivity index (χ3v) is 4.76. The fourth-order valence-electron chi connectivity index (χ4n) is 3.40. The van der Waals surface area contributed by atoms with Crippen LogP contribution in [0.3, 0.4) is 0 Å². The fraction of sp³-hybridized carbons (Fsp3) is 0.632. The highest BCUT2D eigenvalue weighted by Crippen LogP contribution is 2.22. The Morgan fingerprint density at radius 1 is 1.30 bits per heavy atom. The van der Waals surface area contributed by atoms with Gasteiger partial charge in [-0.3, -0.25) is 0 Å². The van der Waals surface area contributed by atoms with E-state index in [9.17, 15) is 4.79 Å². The van der Waals surface area contributed by atoms with Crippen molar-refractivity contribution in [1.82, 2.24) is 10.2 Å². The molecule has 0 bridgehead atoms. The van der Waals surface area contributed by atoms with Gasteiger partial charge in [0.05, 0.1) is 6.04 Å². The number of carbonyl (C=O) groups is 1. The van der Waals surface area contributed by atoms with Gasteiger partial charge in [0, 0.05) is 19.2 Å². The van der Waals surface area contributed by atoms with Crippen LogP contribution in [0.2, 0.25) is 0 Å². The van der Waals surface area contributed by atoms with Gasteiger partial charge in [-0.25, -0.2) is 4.79 Å². The second-order valence-corrected chi connectivity index (χ2v) is 6.38. The number of rotatable bonds is 6. The molecule has 1 aliphatic heterocycles. The lowest BCUT2D eigenvalue weighted by molar-refractivity contribution is 0.168. The van der Waals surface area contributed by atoms with Gasteiger partial charge < -0.3 is 15.3 Å². The molecule has 0 radical (unpaired) electrons. The van der Waals surface area contributed by atoms with Crippen LogP contribution >= 0.6 is 0 Å². The van der Waals surface area contributed by atoms with Crippen molar-refractivity contribution >= 4 is 6.03 Å².